The molecule has 2 heterocycles. The van der Waals surface area contributed by atoms with E-state index in [4.69, 9.17) is 0 Å². The van der Waals surface area contributed by atoms with E-state index < -0.39 is 5.41 Å². The topological polar surface area (TPSA) is 112 Å². The maximum atomic E-state index is 13.3. The number of hydrogen-bond acceptors (Lipinski definition) is 4. The van der Waals surface area contributed by atoms with Crippen LogP contribution < -0.4 is 21.7 Å². The molecule has 0 bridgehead atoms. The SMILES string of the molecule is C=C(C)Nc1c(C)[nH]c(C2C#CC23C(=O)Nc2ccc(C(=O)NC(C)c4ccc(F)cc4)cc23)c1C.CC.CN. The van der Waals surface area contributed by atoms with E-state index in [9.17, 15) is 14.0 Å². The zero-order chi connectivity index (χ0) is 29.8. The number of nitrogens with two attached hydrogens (primary N) is 1. The Balaban J connectivity index is 0.00000106. The Kier molecular flexibility index (Phi) is 9.23. The first-order chi connectivity index (χ1) is 19.1. The molecule has 2 amide bonds. The Bertz CT molecular complexity index is 1500. The van der Waals surface area contributed by atoms with Gasteiger partial charge in [-0.15, -0.1) is 0 Å². The van der Waals surface area contributed by atoms with Crippen LogP contribution in [-0.4, -0.2) is 23.8 Å². The Morgan fingerprint density at radius 2 is 1.80 bits per heavy atom. The van der Waals surface area contributed by atoms with Crippen LogP contribution in [0, 0.1) is 31.5 Å². The van der Waals surface area contributed by atoms with Crippen LogP contribution in [0.25, 0.3) is 0 Å². The summed E-state index contributed by atoms with van der Waals surface area (Å²) in [6, 6.07) is 10.9. The fraction of sp³-hybridized carbons (Fsp3) is 0.312. The summed E-state index contributed by atoms with van der Waals surface area (Å²) < 4.78 is 13.3. The van der Waals surface area contributed by atoms with Gasteiger partial charge in [-0.1, -0.05) is 44.4 Å². The second kappa shape index (κ2) is 12.2. The number of nitrogens with one attached hydrogen (secondary N) is 4. The average molecular weight is 544 g/mol. The summed E-state index contributed by atoms with van der Waals surface area (Å²) in [7, 11) is 1.50. The van der Waals surface area contributed by atoms with E-state index in [1.807, 2.05) is 41.5 Å². The first kappa shape index (κ1) is 30.2. The van der Waals surface area contributed by atoms with Gasteiger partial charge in [0.1, 0.15) is 5.82 Å². The summed E-state index contributed by atoms with van der Waals surface area (Å²) in [5.41, 5.74) is 10.5. The fourth-order valence-electron chi connectivity index (χ4n) is 5.03. The quantitative estimate of drug-likeness (QED) is 0.253. The largest absolute Gasteiger partial charge is 0.359 e. The monoisotopic (exact) mass is 543 g/mol. The molecule has 3 atom stereocenters. The molecular formula is C32H38FN5O2. The molecule has 3 unspecified atom stereocenters. The van der Waals surface area contributed by atoms with Gasteiger partial charge in [0.05, 0.1) is 17.6 Å². The second-order valence-electron chi connectivity index (χ2n) is 9.54. The lowest BCUT2D eigenvalue weighted by Gasteiger charge is -2.34. The standard InChI is InChI=1S/C29H27FN4O2.C2H6.CH5N/c1-15(2)31-25-16(3)26(32-18(25)5)22-12-13-29(22)23-14-20(8-11-24(23)34-28(29)36)27(35)33-17(4)19-6-9-21(30)10-7-19;2*1-2/h6-11,14,17,22,31-32H,1H2,2-5H3,(H,33,35)(H,34,36);1-2H3;2H2,1H3. The highest BCUT2D eigenvalue weighted by Crippen LogP contribution is 2.52. The minimum atomic E-state index is -1.07. The minimum Gasteiger partial charge on any atom is -0.359 e. The van der Waals surface area contributed by atoms with Crippen LogP contribution in [0.5, 0.6) is 0 Å². The van der Waals surface area contributed by atoms with Crippen molar-refractivity contribution >= 4 is 23.2 Å². The molecular weight excluding hydrogens is 505 g/mol. The van der Waals surface area contributed by atoms with Crippen LogP contribution in [-0.2, 0) is 10.2 Å². The molecule has 0 fully saturated rings. The maximum Gasteiger partial charge on any atom is 0.251 e. The van der Waals surface area contributed by atoms with Gasteiger partial charge >= 0.3 is 0 Å². The van der Waals surface area contributed by atoms with Crippen molar-refractivity contribution in [2.24, 2.45) is 5.73 Å². The number of amides is 2. The third-order valence-electron chi connectivity index (χ3n) is 6.98. The van der Waals surface area contributed by atoms with Crippen molar-refractivity contribution in [1.29, 1.82) is 0 Å². The molecule has 0 saturated carbocycles. The molecule has 210 valence electrons. The number of rotatable bonds is 6. The average Bonchev–Trinajstić information content (AvgIpc) is 3.38. The van der Waals surface area contributed by atoms with Crippen molar-refractivity contribution in [2.45, 2.75) is 58.9 Å². The van der Waals surface area contributed by atoms with Crippen LogP contribution in [0.4, 0.5) is 15.8 Å². The number of carbonyl (C=O) groups is 2. The molecule has 7 nitrogen and oxygen atoms in total. The lowest BCUT2D eigenvalue weighted by atomic mass is 9.64. The molecule has 5 rings (SSSR count). The molecule has 6 N–H and O–H groups in total. The van der Waals surface area contributed by atoms with E-state index in [2.05, 4.69) is 45.1 Å². The van der Waals surface area contributed by atoms with Gasteiger partial charge in [-0.3, -0.25) is 9.59 Å². The zero-order valence-corrected chi connectivity index (χ0v) is 24.2. The van der Waals surface area contributed by atoms with Gasteiger partial charge in [-0.05, 0) is 76.2 Å². The molecule has 40 heavy (non-hydrogen) atoms. The molecule has 0 radical (unpaired) electrons. The molecule has 1 spiro atoms. The van der Waals surface area contributed by atoms with E-state index >= 15 is 0 Å². The van der Waals surface area contributed by atoms with E-state index in [1.165, 1.54) is 19.2 Å². The van der Waals surface area contributed by atoms with Crippen LogP contribution in [0.15, 0.2) is 54.7 Å². The van der Waals surface area contributed by atoms with Crippen molar-refractivity contribution in [3.05, 3.63) is 94.2 Å². The highest BCUT2D eigenvalue weighted by molar-refractivity contribution is 6.12. The normalized spacial score (nSPS) is 18.3. The van der Waals surface area contributed by atoms with E-state index in [-0.39, 0.29) is 29.6 Å². The lowest BCUT2D eigenvalue weighted by molar-refractivity contribution is -0.119. The molecule has 1 aliphatic carbocycles. The highest BCUT2D eigenvalue weighted by Gasteiger charge is 2.56. The predicted molar refractivity (Wildman–Crippen MR) is 160 cm³/mol. The van der Waals surface area contributed by atoms with Gasteiger partial charge in [0.25, 0.3) is 5.91 Å². The van der Waals surface area contributed by atoms with Crippen molar-refractivity contribution in [1.82, 2.24) is 10.3 Å². The van der Waals surface area contributed by atoms with Gasteiger partial charge in [0.2, 0.25) is 5.91 Å². The second-order valence-corrected chi connectivity index (χ2v) is 9.54. The molecule has 2 aliphatic rings. The Hall–Kier alpha value is -4.35. The van der Waals surface area contributed by atoms with Gasteiger partial charge in [0, 0.05) is 33.9 Å². The van der Waals surface area contributed by atoms with Crippen molar-refractivity contribution in [3.8, 4) is 11.8 Å². The third kappa shape index (κ3) is 5.25. The summed E-state index contributed by atoms with van der Waals surface area (Å²) in [6.45, 7) is 15.6. The van der Waals surface area contributed by atoms with Crippen LogP contribution in [0.1, 0.15) is 78.1 Å². The number of carbonyl (C=O) groups excluding carboxylic acids is 2. The smallest absolute Gasteiger partial charge is 0.251 e. The van der Waals surface area contributed by atoms with Gasteiger partial charge in [-0.2, -0.15) is 0 Å². The summed E-state index contributed by atoms with van der Waals surface area (Å²) in [4.78, 5) is 29.8. The Labute approximate surface area is 235 Å². The van der Waals surface area contributed by atoms with Gasteiger partial charge in [0.15, 0.2) is 5.41 Å². The van der Waals surface area contributed by atoms with Crippen molar-refractivity contribution in [3.63, 3.8) is 0 Å². The fourth-order valence-corrected chi connectivity index (χ4v) is 5.03. The number of anilines is 2. The summed E-state index contributed by atoms with van der Waals surface area (Å²) in [5.74, 6) is 5.12. The van der Waals surface area contributed by atoms with Gasteiger partial charge in [-0.25, -0.2) is 4.39 Å². The number of H-pyrrole nitrogens is 1. The number of halogens is 1. The third-order valence-corrected chi connectivity index (χ3v) is 6.98. The Morgan fingerprint density at radius 3 is 2.38 bits per heavy atom. The number of aromatic nitrogens is 1. The van der Waals surface area contributed by atoms with Gasteiger partial charge < -0.3 is 26.7 Å². The maximum absolute atomic E-state index is 13.3. The molecule has 1 aliphatic heterocycles. The van der Waals surface area contributed by atoms with Crippen molar-refractivity contribution in [2.75, 3.05) is 17.7 Å². The number of hydrogen-bond donors (Lipinski definition) is 5. The van der Waals surface area contributed by atoms with E-state index in [1.54, 1.807) is 30.3 Å². The van der Waals surface area contributed by atoms with Crippen LogP contribution in [0.2, 0.25) is 0 Å². The number of benzene rings is 2. The zero-order valence-electron chi connectivity index (χ0n) is 24.2. The predicted octanol–water partition coefficient (Wildman–Crippen LogP) is 5.80. The molecule has 2 aromatic carbocycles. The van der Waals surface area contributed by atoms with Crippen LogP contribution in [0.3, 0.4) is 0 Å². The first-order valence-electron chi connectivity index (χ1n) is 13.4. The molecule has 8 heteroatoms. The van der Waals surface area contributed by atoms with E-state index in [0.717, 1.165) is 33.9 Å². The lowest BCUT2D eigenvalue weighted by Crippen LogP contribution is -2.44. The Morgan fingerprint density at radius 1 is 1.15 bits per heavy atom. The van der Waals surface area contributed by atoms with Crippen molar-refractivity contribution < 1.29 is 14.0 Å². The summed E-state index contributed by atoms with van der Waals surface area (Å²) in [5, 5.41) is 9.19. The number of aromatic amines is 1. The number of allylic oxidation sites excluding steroid dienone is 1. The highest BCUT2D eigenvalue weighted by atomic mass is 19.1. The first-order valence-corrected chi connectivity index (χ1v) is 13.4. The molecule has 3 aromatic rings. The van der Waals surface area contributed by atoms with Crippen LogP contribution >= 0.6 is 0 Å². The number of aryl methyl sites for hydroxylation is 1. The molecule has 0 saturated heterocycles. The van der Waals surface area contributed by atoms with E-state index in [0.29, 0.717) is 16.8 Å². The summed E-state index contributed by atoms with van der Waals surface area (Å²) >= 11 is 0. The number of fused-ring (bicyclic) bond motifs is 2. The summed E-state index contributed by atoms with van der Waals surface area (Å²) in [6.07, 6.45) is 0. The minimum absolute atomic E-state index is 0.195. The molecule has 1 aromatic heterocycles.